The van der Waals surface area contributed by atoms with Crippen molar-refractivity contribution in [2.75, 3.05) is 7.11 Å². The number of benzene rings is 2. The molecule has 2 rings (SSSR count). The van der Waals surface area contributed by atoms with E-state index in [0.29, 0.717) is 12.2 Å². The smallest absolute Gasteiger partial charge is 0.274 e. The first kappa shape index (κ1) is 17.0. The zero-order valence-corrected chi connectivity index (χ0v) is 14.1. The van der Waals surface area contributed by atoms with Crippen LogP contribution in [0.5, 0.6) is 5.75 Å². The summed E-state index contributed by atoms with van der Waals surface area (Å²) >= 11 is 5.60. The topological polar surface area (TPSA) is 47.9 Å². The van der Waals surface area contributed by atoms with Gasteiger partial charge in [-0.15, -0.1) is 0 Å². The van der Waals surface area contributed by atoms with Crippen LogP contribution >= 0.6 is 11.6 Å². The largest absolute Gasteiger partial charge is 0.489 e. The standard InChI is InChI=1S/C18H18ClNO3/c1-12-8-9-13(2)16(10-12)23-11-14-6-4-5-7-15(14)17(18(19)21)20-22-3/h4-10H,11H2,1-3H3. The molecule has 23 heavy (non-hydrogen) atoms. The molecule has 0 fully saturated rings. The highest BCUT2D eigenvalue weighted by Gasteiger charge is 2.16. The normalized spacial score (nSPS) is 11.2. The molecule has 0 aliphatic rings. The van der Waals surface area contributed by atoms with E-state index in [1.165, 1.54) is 7.11 Å². The van der Waals surface area contributed by atoms with E-state index in [2.05, 4.69) is 5.16 Å². The SMILES string of the molecule is CON=C(C(=O)Cl)c1ccccc1COc1cc(C)ccc1C. The molecule has 0 amide bonds. The third kappa shape index (κ3) is 4.33. The summed E-state index contributed by atoms with van der Waals surface area (Å²) in [6.45, 7) is 4.30. The van der Waals surface area contributed by atoms with Crippen molar-refractivity contribution in [2.45, 2.75) is 20.5 Å². The molecule has 120 valence electrons. The van der Waals surface area contributed by atoms with E-state index in [9.17, 15) is 4.79 Å². The molecule has 0 aliphatic carbocycles. The molecule has 0 aromatic heterocycles. The maximum atomic E-state index is 11.6. The molecule has 0 atom stereocenters. The van der Waals surface area contributed by atoms with Gasteiger partial charge in [-0.3, -0.25) is 4.79 Å². The minimum Gasteiger partial charge on any atom is -0.489 e. The summed E-state index contributed by atoms with van der Waals surface area (Å²) in [5, 5.41) is 3.05. The van der Waals surface area contributed by atoms with Crippen LogP contribution in [-0.4, -0.2) is 18.1 Å². The van der Waals surface area contributed by atoms with Crippen LogP contribution in [0.15, 0.2) is 47.6 Å². The van der Waals surface area contributed by atoms with E-state index >= 15 is 0 Å². The van der Waals surface area contributed by atoms with Crippen molar-refractivity contribution in [3.05, 3.63) is 64.7 Å². The van der Waals surface area contributed by atoms with E-state index in [1.807, 2.05) is 50.2 Å². The fraction of sp³-hybridized carbons (Fsp3) is 0.222. The highest BCUT2D eigenvalue weighted by Crippen LogP contribution is 2.22. The van der Waals surface area contributed by atoms with E-state index in [1.54, 1.807) is 6.07 Å². The summed E-state index contributed by atoms with van der Waals surface area (Å²) in [6, 6.07) is 13.3. The Hall–Kier alpha value is -2.33. The van der Waals surface area contributed by atoms with Crippen LogP contribution in [-0.2, 0) is 16.2 Å². The van der Waals surface area contributed by atoms with Gasteiger partial charge in [0.25, 0.3) is 5.24 Å². The number of nitrogens with zero attached hydrogens (tertiary/aromatic N) is 1. The minimum atomic E-state index is -0.675. The first-order valence-corrected chi connectivity index (χ1v) is 7.50. The summed E-state index contributed by atoms with van der Waals surface area (Å²) in [7, 11) is 1.37. The molecule has 2 aromatic carbocycles. The lowest BCUT2D eigenvalue weighted by atomic mass is 10.0. The molecule has 0 saturated heterocycles. The molecular formula is C18H18ClNO3. The van der Waals surface area contributed by atoms with Crippen molar-refractivity contribution in [1.29, 1.82) is 0 Å². The molecule has 0 saturated carbocycles. The fourth-order valence-electron chi connectivity index (χ4n) is 2.18. The van der Waals surface area contributed by atoms with Crippen molar-refractivity contribution in [3.8, 4) is 5.75 Å². The second-order valence-electron chi connectivity index (χ2n) is 5.11. The summed E-state index contributed by atoms with van der Waals surface area (Å²) in [4.78, 5) is 16.3. The quantitative estimate of drug-likeness (QED) is 0.456. The number of carbonyl (C=O) groups excluding carboxylic acids is 1. The molecule has 5 heteroatoms. The van der Waals surface area contributed by atoms with Gasteiger partial charge in [0.05, 0.1) is 0 Å². The number of ether oxygens (including phenoxy) is 1. The van der Waals surface area contributed by atoms with Crippen LogP contribution < -0.4 is 4.74 Å². The Kier molecular flexibility index (Phi) is 5.77. The van der Waals surface area contributed by atoms with Gasteiger partial charge in [-0.05, 0) is 48.2 Å². The van der Waals surface area contributed by atoms with Crippen LogP contribution in [0.25, 0.3) is 0 Å². The maximum Gasteiger partial charge on any atom is 0.274 e. The summed E-state index contributed by atoms with van der Waals surface area (Å²) in [5.41, 5.74) is 3.64. The van der Waals surface area contributed by atoms with Crippen LogP contribution in [0.1, 0.15) is 22.3 Å². The fourth-order valence-corrected chi connectivity index (χ4v) is 2.31. The van der Waals surface area contributed by atoms with Gasteiger partial charge in [0.1, 0.15) is 19.5 Å². The Morgan fingerprint density at radius 2 is 1.91 bits per heavy atom. The molecule has 0 bridgehead atoms. The van der Waals surface area contributed by atoms with E-state index in [0.717, 1.165) is 22.4 Å². The molecule has 0 aliphatic heterocycles. The number of rotatable bonds is 6. The Morgan fingerprint density at radius 1 is 1.17 bits per heavy atom. The molecule has 4 nitrogen and oxygen atoms in total. The van der Waals surface area contributed by atoms with Gasteiger partial charge in [-0.25, -0.2) is 0 Å². The van der Waals surface area contributed by atoms with Crippen LogP contribution in [0.2, 0.25) is 0 Å². The predicted octanol–water partition coefficient (Wildman–Crippen LogP) is 4.00. The van der Waals surface area contributed by atoms with Crippen LogP contribution in [0, 0.1) is 13.8 Å². The zero-order valence-electron chi connectivity index (χ0n) is 13.3. The lowest BCUT2D eigenvalue weighted by molar-refractivity contribution is -0.106. The van der Waals surface area contributed by atoms with Crippen LogP contribution in [0.3, 0.4) is 0 Å². The Bertz CT molecular complexity index is 741. The molecule has 0 spiro atoms. The maximum absolute atomic E-state index is 11.6. The Morgan fingerprint density at radius 3 is 2.61 bits per heavy atom. The van der Waals surface area contributed by atoms with Gasteiger partial charge < -0.3 is 9.57 Å². The predicted molar refractivity (Wildman–Crippen MR) is 91.1 cm³/mol. The minimum absolute atomic E-state index is 0.0642. The number of hydrogen-bond acceptors (Lipinski definition) is 4. The number of halogens is 1. The molecule has 0 radical (unpaired) electrons. The van der Waals surface area contributed by atoms with E-state index in [-0.39, 0.29) is 5.71 Å². The number of carbonyl (C=O) groups is 1. The highest BCUT2D eigenvalue weighted by molar-refractivity contribution is 6.84. The van der Waals surface area contributed by atoms with Gasteiger partial charge >= 0.3 is 0 Å². The number of hydrogen-bond donors (Lipinski definition) is 0. The molecular weight excluding hydrogens is 314 g/mol. The number of aryl methyl sites for hydroxylation is 2. The average molecular weight is 332 g/mol. The second-order valence-corrected chi connectivity index (χ2v) is 5.45. The first-order valence-electron chi connectivity index (χ1n) is 7.12. The summed E-state index contributed by atoms with van der Waals surface area (Å²) < 4.78 is 5.90. The van der Waals surface area contributed by atoms with Crippen molar-refractivity contribution in [1.82, 2.24) is 0 Å². The molecule has 2 aromatic rings. The lowest BCUT2D eigenvalue weighted by Gasteiger charge is -2.13. The van der Waals surface area contributed by atoms with Crippen molar-refractivity contribution >= 4 is 22.6 Å². The van der Waals surface area contributed by atoms with Gasteiger partial charge in [0, 0.05) is 5.56 Å². The first-order chi connectivity index (χ1) is 11.0. The van der Waals surface area contributed by atoms with Gasteiger partial charge in [-0.2, -0.15) is 0 Å². The van der Waals surface area contributed by atoms with Gasteiger partial charge in [-0.1, -0.05) is 41.6 Å². The highest BCUT2D eigenvalue weighted by atomic mass is 35.5. The summed E-state index contributed by atoms with van der Waals surface area (Å²) in [6.07, 6.45) is 0. The van der Waals surface area contributed by atoms with Gasteiger partial charge in [0.2, 0.25) is 0 Å². The number of oxime groups is 1. The summed E-state index contributed by atoms with van der Waals surface area (Å²) in [5.74, 6) is 0.808. The second kappa shape index (κ2) is 7.79. The Labute approximate surface area is 140 Å². The molecule has 0 N–H and O–H groups in total. The van der Waals surface area contributed by atoms with Crippen LogP contribution in [0.4, 0.5) is 0 Å². The Balaban J connectivity index is 2.29. The zero-order chi connectivity index (χ0) is 16.8. The van der Waals surface area contributed by atoms with Crippen molar-refractivity contribution in [2.24, 2.45) is 5.16 Å². The van der Waals surface area contributed by atoms with Gasteiger partial charge in [0.15, 0.2) is 5.71 Å². The lowest BCUT2D eigenvalue weighted by Crippen LogP contribution is -2.14. The van der Waals surface area contributed by atoms with E-state index < -0.39 is 5.24 Å². The molecule has 0 unspecified atom stereocenters. The molecule has 0 heterocycles. The van der Waals surface area contributed by atoms with Crippen molar-refractivity contribution < 1.29 is 14.4 Å². The third-order valence-electron chi connectivity index (χ3n) is 3.37. The monoisotopic (exact) mass is 331 g/mol. The van der Waals surface area contributed by atoms with E-state index in [4.69, 9.17) is 21.2 Å². The van der Waals surface area contributed by atoms with Crippen molar-refractivity contribution in [3.63, 3.8) is 0 Å². The third-order valence-corrected chi connectivity index (χ3v) is 3.55. The average Bonchev–Trinajstić information content (AvgIpc) is 2.53.